The van der Waals surface area contributed by atoms with Crippen molar-refractivity contribution < 1.29 is 18.8 Å². The highest BCUT2D eigenvalue weighted by molar-refractivity contribution is 8.18. The highest BCUT2D eigenvalue weighted by Gasteiger charge is 2.25. The Morgan fingerprint density at radius 2 is 1.74 bits per heavy atom. The Kier molecular flexibility index (Phi) is 5.73. The summed E-state index contributed by atoms with van der Waals surface area (Å²) in [6, 6.07) is 16.9. The number of aromatic nitrogens is 1. The van der Waals surface area contributed by atoms with E-state index in [2.05, 4.69) is 5.32 Å². The Balaban J connectivity index is 0.000000221. The van der Waals surface area contributed by atoms with Crippen molar-refractivity contribution in [1.29, 1.82) is 0 Å². The number of furan rings is 1. The van der Waals surface area contributed by atoms with E-state index in [1.165, 1.54) is 11.5 Å². The van der Waals surface area contributed by atoms with Crippen LogP contribution < -0.4 is 5.32 Å². The van der Waals surface area contributed by atoms with Crippen LogP contribution in [0.1, 0.15) is 17.5 Å². The van der Waals surface area contributed by atoms with E-state index >= 15 is 0 Å². The number of thioether (sulfide) groups is 1. The molecule has 27 heavy (non-hydrogen) atoms. The molecule has 7 heteroatoms. The largest absolute Gasteiger partial charge is 0.457 e. The topological polar surface area (TPSA) is 81.3 Å². The van der Waals surface area contributed by atoms with E-state index in [0.717, 1.165) is 23.1 Å². The predicted molar refractivity (Wildman–Crippen MR) is 104 cm³/mol. The fraction of sp³-hybridized carbons (Fsp3) is 0.0500. The van der Waals surface area contributed by atoms with Gasteiger partial charge in [-0.2, -0.15) is 0 Å². The third kappa shape index (κ3) is 4.86. The van der Waals surface area contributed by atoms with E-state index in [-0.39, 0.29) is 17.1 Å². The number of amides is 2. The van der Waals surface area contributed by atoms with E-state index < -0.39 is 0 Å². The van der Waals surface area contributed by atoms with Crippen LogP contribution in [0.2, 0.25) is 0 Å². The molecular formula is C20H16N2O4S. The molecule has 3 heterocycles. The van der Waals surface area contributed by atoms with Gasteiger partial charge in [0.15, 0.2) is 0 Å². The van der Waals surface area contributed by atoms with Crippen molar-refractivity contribution in [1.82, 2.24) is 9.88 Å². The standard InChI is InChI=1S/C14H9NO3S.C6H7NO/c16-13-12(19-14(17)15-13)8-10-6-7-11(18-10)9-4-2-1-3-5-9;1-6(8)7-4-2-3-5-7/h1-8H,(H,15,16,17);2-5H,1H3/b12-8-;. The molecule has 1 N–H and O–H groups in total. The van der Waals surface area contributed by atoms with Gasteiger partial charge in [0, 0.05) is 31.0 Å². The predicted octanol–water partition coefficient (Wildman–Crippen LogP) is 4.42. The van der Waals surface area contributed by atoms with Crippen molar-refractivity contribution in [2.45, 2.75) is 6.92 Å². The van der Waals surface area contributed by atoms with Gasteiger partial charge >= 0.3 is 0 Å². The molecule has 0 unspecified atom stereocenters. The van der Waals surface area contributed by atoms with Gasteiger partial charge in [0.2, 0.25) is 5.91 Å². The summed E-state index contributed by atoms with van der Waals surface area (Å²) in [4.78, 5) is 33.3. The van der Waals surface area contributed by atoms with Crippen molar-refractivity contribution in [3.05, 3.63) is 77.7 Å². The van der Waals surface area contributed by atoms with Gasteiger partial charge in [-0.1, -0.05) is 30.3 Å². The Bertz CT molecular complexity index is 988. The summed E-state index contributed by atoms with van der Waals surface area (Å²) in [6.07, 6.45) is 5.02. The molecule has 2 aromatic heterocycles. The van der Waals surface area contributed by atoms with Crippen LogP contribution in [-0.4, -0.2) is 21.6 Å². The van der Waals surface area contributed by atoms with Gasteiger partial charge in [-0.3, -0.25) is 24.3 Å². The maximum Gasteiger partial charge on any atom is 0.290 e. The van der Waals surface area contributed by atoms with Crippen molar-refractivity contribution in [2.75, 3.05) is 0 Å². The molecule has 0 aliphatic carbocycles. The summed E-state index contributed by atoms with van der Waals surface area (Å²) >= 11 is 0.875. The van der Waals surface area contributed by atoms with Crippen molar-refractivity contribution in [2.24, 2.45) is 0 Å². The molecule has 1 aliphatic heterocycles. The van der Waals surface area contributed by atoms with Gasteiger partial charge < -0.3 is 4.42 Å². The number of rotatable bonds is 2. The SMILES string of the molecule is CC(=O)n1cccc1.O=C1NC(=O)/C(=C/c2ccc(-c3ccccc3)o2)S1. The fourth-order valence-corrected chi connectivity index (χ4v) is 2.94. The summed E-state index contributed by atoms with van der Waals surface area (Å²) in [7, 11) is 0. The maximum atomic E-state index is 11.4. The molecule has 2 amide bonds. The summed E-state index contributed by atoms with van der Waals surface area (Å²) in [6.45, 7) is 1.53. The zero-order valence-electron chi connectivity index (χ0n) is 14.4. The molecule has 0 bridgehead atoms. The number of hydrogen-bond donors (Lipinski definition) is 1. The first kappa shape index (κ1) is 18.5. The molecule has 4 rings (SSSR count). The lowest BCUT2D eigenvalue weighted by Crippen LogP contribution is -2.17. The van der Waals surface area contributed by atoms with Crippen LogP contribution in [0.4, 0.5) is 4.79 Å². The summed E-state index contributed by atoms with van der Waals surface area (Å²) in [5, 5.41) is 1.85. The summed E-state index contributed by atoms with van der Waals surface area (Å²) in [5.41, 5.74) is 0.965. The molecule has 6 nitrogen and oxygen atoms in total. The number of nitrogens with one attached hydrogen (secondary N) is 1. The second-order valence-corrected chi connectivity index (χ2v) is 6.54. The monoisotopic (exact) mass is 380 g/mol. The third-order valence-electron chi connectivity index (χ3n) is 3.57. The lowest BCUT2D eigenvalue weighted by molar-refractivity contribution is -0.115. The molecule has 0 radical (unpaired) electrons. The van der Waals surface area contributed by atoms with Gasteiger partial charge in [0.25, 0.3) is 11.1 Å². The van der Waals surface area contributed by atoms with E-state index in [1.807, 2.05) is 48.5 Å². The Labute approximate surface area is 159 Å². The van der Waals surface area contributed by atoms with Gasteiger partial charge in [-0.05, 0) is 36.0 Å². The minimum Gasteiger partial charge on any atom is -0.457 e. The van der Waals surface area contributed by atoms with Crippen molar-refractivity contribution in [3.8, 4) is 11.3 Å². The first-order valence-electron chi connectivity index (χ1n) is 8.07. The number of carbonyl (C=O) groups excluding carboxylic acids is 3. The number of carbonyl (C=O) groups is 3. The van der Waals surface area contributed by atoms with Crippen LogP contribution in [0.3, 0.4) is 0 Å². The Hall–Kier alpha value is -3.32. The lowest BCUT2D eigenvalue weighted by atomic mass is 10.2. The molecule has 1 saturated heterocycles. The highest BCUT2D eigenvalue weighted by Crippen LogP contribution is 2.28. The summed E-state index contributed by atoms with van der Waals surface area (Å²) < 4.78 is 7.16. The molecule has 0 atom stereocenters. The van der Waals surface area contributed by atoms with Gasteiger partial charge in [0.05, 0.1) is 4.91 Å². The highest BCUT2D eigenvalue weighted by atomic mass is 32.2. The number of imide groups is 1. The first-order valence-corrected chi connectivity index (χ1v) is 8.88. The Morgan fingerprint density at radius 3 is 2.30 bits per heavy atom. The smallest absolute Gasteiger partial charge is 0.290 e. The lowest BCUT2D eigenvalue weighted by Gasteiger charge is -1.95. The molecular weight excluding hydrogens is 364 g/mol. The zero-order chi connectivity index (χ0) is 19.2. The number of benzene rings is 1. The third-order valence-corrected chi connectivity index (χ3v) is 4.38. The minimum absolute atomic E-state index is 0.0509. The molecule has 136 valence electrons. The van der Waals surface area contributed by atoms with Gasteiger partial charge in [-0.15, -0.1) is 0 Å². The Morgan fingerprint density at radius 1 is 1.04 bits per heavy atom. The molecule has 1 fully saturated rings. The quantitative estimate of drug-likeness (QED) is 0.666. The van der Waals surface area contributed by atoms with Gasteiger partial charge in [-0.25, -0.2) is 0 Å². The second kappa shape index (κ2) is 8.37. The van der Waals surface area contributed by atoms with Crippen LogP contribution in [0.5, 0.6) is 0 Å². The van der Waals surface area contributed by atoms with E-state index in [0.29, 0.717) is 10.7 Å². The van der Waals surface area contributed by atoms with Gasteiger partial charge in [0.1, 0.15) is 11.5 Å². The molecule has 0 spiro atoms. The number of hydrogen-bond acceptors (Lipinski definition) is 5. The fourth-order valence-electron chi connectivity index (χ4n) is 2.28. The summed E-state index contributed by atoms with van der Waals surface area (Å²) in [5.74, 6) is 0.941. The van der Waals surface area contributed by atoms with Crippen molar-refractivity contribution in [3.63, 3.8) is 0 Å². The molecule has 1 aromatic carbocycles. The van der Waals surface area contributed by atoms with Crippen LogP contribution >= 0.6 is 11.8 Å². The number of nitrogens with zero attached hydrogens (tertiary/aromatic N) is 1. The average molecular weight is 380 g/mol. The zero-order valence-corrected chi connectivity index (χ0v) is 15.2. The van der Waals surface area contributed by atoms with Crippen molar-refractivity contribution >= 4 is 34.9 Å². The van der Waals surface area contributed by atoms with Crippen LogP contribution in [0.15, 0.2) is 76.3 Å². The molecule has 1 aliphatic rings. The maximum absolute atomic E-state index is 11.4. The van der Waals surface area contributed by atoms with Crippen LogP contribution in [-0.2, 0) is 4.79 Å². The van der Waals surface area contributed by atoms with E-state index in [4.69, 9.17) is 4.42 Å². The molecule has 0 saturated carbocycles. The van der Waals surface area contributed by atoms with Crippen LogP contribution in [0, 0.1) is 0 Å². The minimum atomic E-state index is -0.382. The normalized spacial score (nSPS) is 14.6. The second-order valence-electron chi connectivity index (χ2n) is 5.53. The van der Waals surface area contributed by atoms with E-state index in [1.54, 1.807) is 24.5 Å². The first-order chi connectivity index (χ1) is 13.0. The average Bonchev–Trinajstić information content (AvgIpc) is 3.39. The molecule has 3 aromatic rings. The van der Waals surface area contributed by atoms with Crippen LogP contribution in [0.25, 0.3) is 17.4 Å². The van der Waals surface area contributed by atoms with E-state index in [9.17, 15) is 14.4 Å².